The molecular formula is C17H29IN4O4. The van der Waals surface area contributed by atoms with Crippen molar-refractivity contribution in [1.29, 1.82) is 0 Å². The fourth-order valence-corrected chi connectivity index (χ4v) is 2.73. The summed E-state index contributed by atoms with van der Waals surface area (Å²) in [4.78, 5) is 18.3. The SMILES string of the molecule is CN=C(NCCNC(=O)c1ccco1)N1CCC(COCCOC)C1.I. The molecule has 1 aliphatic heterocycles. The molecule has 2 heterocycles. The average Bonchev–Trinajstić information content (AvgIpc) is 3.30. The van der Waals surface area contributed by atoms with Crippen molar-refractivity contribution in [2.45, 2.75) is 6.42 Å². The Labute approximate surface area is 171 Å². The van der Waals surface area contributed by atoms with E-state index in [0.717, 1.165) is 32.1 Å². The molecular weight excluding hydrogens is 451 g/mol. The molecule has 1 amide bonds. The van der Waals surface area contributed by atoms with Crippen molar-refractivity contribution in [2.24, 2.45) is 10.9 Å². The highest BCUT2D eigenvalue weighted by atomic mass is 127. The van der Waals surface area contributed by atoms with E-state index in [1.807, 2.05) is 0 Å². The van der Waals surface area contributed by atoms with Gasteiger partial charge in [-0.2, -0.15) is 0 Å². The third-order valence-electron chi connectivity index (χ3n) is 4.02. The molecule has 0 bridgehead atoms. The number of ether oxygens (including phenoxy) is 2. The van der Waals surface area contributed by atoms with Crippen LogP contribution < -0.4 is 10.6 Å². The number of likely N-dealkylation sites (tertiary alicyclic amines) is 1. The molecule has 2 N–H and O–H groups in total. The summed E-state index contributed by atoms with van der Waals surface area (Å²) in [7, 11) is 3.44. The van der Waals surface area contributed by atoms with Gasteiger partial charge in [-0.1, -0.05) is 0 Å². The molecule has 1 aromatic rings. The number of hydrogen-bond acceptors (Lipinski definition) is 5. The van der Waals surface area contributed by atoms with Gasteiger partial charge in [0.2, 0.25) is 0 Å². The number of nitrogens with zero attached hydrogens (tertiary/aromatic N) is 2. The van der Waals surface area contributed by atoms with Crippen molar-refractivity contribution in [2.75, 3.05) is 60.2 Å². The van der Waals surface area contributed by atoms with E-state index in [1.165, 1.54) is 6.26 Å². The second-order valence-corrected chi connectivity index (χ2v) is 5.88. The highest BCUT2D eigenvalue weighted by molar-refractivity contribution is 14.0. The van der Waals surface area contributed by atoms with Crippen molar-refractivity contribution in [3.8, 4) is 0 Å². The first-order chi connectivity index (χ1) is 12.2. The lowest BCUT2D eigenvalue weighted by Gasteiger charge is -2.21. The molecule has 1 atom stereocenters. The maximum absolute atomic E-state index is 11.8. The second-order valence-electron chi connectivity index (χ2n) is 5.88. The molecule has 0 aromatic carbocycles. The van der Waals surface area contributed by atoms with Crippen LogP contribution in [-0.4, -0.2) is 76.9 Å². The third-order valence-corrected chi connectivity index (χ3v) is 4.02. The van der Waals surface area contributed by atoms with Gasteiger partial charge in [0, 0.05) is 46.3 Å². The van der Waals surface area contributed by atoms with Crippen LogP contribution in [0.25, 0.3) is 0 Å². The van der Waals surface area contributed by atoms with Gasteiger partial charge in [-0.05, 0) is 18.6 Å². The van der Waals surface area contributed by atoms with Crippen molar-refractivity contribution in [3.05, 3.63) is 24.2 Å². The standard InChI is InChI=1S/C17H28N4O4.HI/c1-18-17(20-7-6-19-16(22)15-4-3-9-25-15)21-8-5-14(12-21)13-24-11-10-23-2;/h3-4,9,14H,5-8,10-13H2,1-2H3,(H,18,20)(H,19,22);1H. The number of hydrogen-bond donors (Lipinski definition) is 2. The first kappa shape index (κ1) is 22.7. The molecule has 9 heteroatoms. The third kappa shape index (κ3) is 7.50. The molecule has 0 aliphatic carbocycles. The summed E-state index contributed by atoms with van der Waals surface area (Å²) in [6, 6.07) is 3.33. The predicted octanol–water partition coefficient (Wildman–Crippen LogP) is 1.19. The molecule has 0 radical (unpaired) electrons. The topological polar surface area (TPSA) is 88.3 Å². The number of nitrogens with one attached hydrogen (secondary N) is 2. The van der Waals surface area contributed by atoms with Crippen LogP contribution in [0, 0.1) is 5.92 Å². The summed E-state index contributed by atoms with van der Waals surface area (Å²) in [6.07, 6.45) is 2.57. The zero-order valence-corrected chi connectivity index (χ0v) is 17.7. The van der Waals surface area contributed by atoms with E-state index in [2.05, 4.69) is 20.5 Å². The van der Waals surface area contributed by atoms with E-state index < -0.39 is 0 Å². The predicted molar refractivity (Wildman–Crippen MR) is 110 cm³/mol. The van der Waals surface area contributed by atoms with E-state index in [9.17, 15) is 4.79 Å². The lowest BCUT2D eigenvalue weighted by molar-refractivity contribution is 0.0536. The van der Waals surface area contributed by atoms with Gasteiger partial charge in [0.05, 0.1) is 26.1 Å². The lowest BCUT2D eigenvalue weighted by atomic mass is 10.1. The largest absolute Gasteiger partial charge is 0.459 e. The number of methoxy groups -OCH3 is 1. The second kappa shape index (κ2) is 12.9. The smallest absolute Gasteiger partial charge is 0.287 e. The van der Waals surface area contributed by atoms with Crippen LogP contribution in [0.3, 0.4) is 0 Å². The van der Waals surface area contributed by atoms with E-state index in [-0.39, 0.29) is 29.9 Å². The number of carbonyl (C=O) groups is 1. The van der Waals surface area contributed by atoms with Crippen molar-refractivity contribution >= 4 is 35.8 Å². The fraction of sp³-hybridized carbons (Fsp3) is 0.647. The maximum Gasteiger partial charge on any atom is 0.287 e. The van der Waals surface area contributed by atoms with Crippen molar-refractivity contribution in [3.63, 3.8) is 0 Å². The summed E-state index contributed by atoms with van der Waals surface area (Å²) in [6.45, 7) is 4.98. The molecule has 0 spiro atoms. The quantitative estimate of drug-likeness (QED) is 0.239. The van der Waals surface area contributed by atoms with Gasteiger partial charge in [-0.3, -0.25) is 9.79 Å². The molecule has 1 aromatic heterocycles. The van der Waals surface area contributed by atoms with Gasteiger partial charge in [-0.25, -0.2) is 0 Å². The van der Waals surface area contributed by atoms with E-state index in [1.54, 1.807) is 26.3 Å². The van der Waals surface area contributed by atoms with Crippen molar-refractivity contribution in [1.82, 2.24) is 15.5 Å². The molecule has 26 heavy (non-hydrogen) atoms. The minimum atomic E-state index is -0.212. The van der Waals surface area contributed by atoms with Crippen molar-refractivity contribution < 1.29 is 18.7 Å². The Balaban J connectivity index is 0.00000338. The monoisotopic (exact) mass is 480 g/mol. The van der Waals surface area contributed by atoms with E-state index >= 15 is 0 Å². The molecule has 1 aliphatic rings. The molecule has 2 rings (SSSR count). The Kier molecular flexibility index (Phi) is 11.3. The Morgan fingerprint density at radius 1 is 1.38 bits per heavy atom. The molecule has 0 saturated carbocycles. The minimum absolute atomic E-state index is 0. The Bertz CT molecular complexity index is 539. The van der Waals surface area contributed by atoms with Gasteiger partial charge < -0.3 is 29.4 Å². The summed E-state index contributed by atoms with van der Waals surface area (Å²) in [5.41, 5.74) is 0. The molecule has 148 valence electrons. The Morgan fingerprint density at radius 3 is 2.88 bits per heavy atom. The van der Waals surface area contributed by atoms with Crippen LogP contribution in [0.5, 0.6) is 0 Å². The number of carbonyl (C=O) groups excluding carboxylic acids is 1. The van der Waals surface area contributed by atoms with Crippen LogP contribution in [0.1, 0.15) is 17.0 Å². The van der Waals surface area contributed by atoms with E-state index in [4.69, 9.17) is 13.9 Å². The number of halogens is 1. The zero-order valence-electron chi connectivity index (χ0n) is 15.4. The summed E-state index contributed by atoms with van der Waals surface area (Å²) < 4.78 is 15.6. The number of aliphatic imine (C=N–C) groups is 1. The number of amides is 1. The van der Waals surface area contributed by atoms with Gasteiger partial charge in [-0.15, -0.1) is 24.0 Å². The van der Waals surface area contributed by atoms with Crippen LogP contribution >= 0.6 is 24.0 Å². The fourth-order valence-electron chi connectivity index (χ4n) is 2.73. The maximum atomic E-state index is 11.8. The number of rotatable bonds is 9. The van der Waals surface area contributed by atoms with Crippen LogP contribution in [0.4, 0.5) is 0 Å². The molecule has 1 fully saturated rings. The Morgan fingerprint density at radius 2 is 2.19 bits per heavy atom. The first-order valence-electron chi connectivity index (χ1n) is 8.58. The zero-order chi connectivity index (χ0) is 17.9. The molecule has 8 nitrogen and oxygen atoms in total. The van der Waals surface area contributed by atoms with Crippen LogP contribution in [0.15, 0.2) is 27.8 Å². The molecule has 1 saturated heterocycles. The summed E-state index contributed by atoms with van der Waals surface area (Å²) in [5.74, 6) is 1.47. The van der Waals surface area contributed by atoms with Crippen LogP contribution in [0.2, 0.25) is 0 Å². The highest BCUT2D eigenvalue weighted by Gasteiger charge is 2.24. The minimum Gasteiger partial charge on any atom is -0.459 e. The van der Waals surface area contributed by atoms with E-state index in [0.29, 0.717) is 38.0 Å². The normalized spacial score (nSPS) is 17.1. The van der Waals surface area contributed by atoms with Gasteiger partial charge >= 0.3 is 0 Å². The van der Waals surface area contributed by atoms with Crippen LogP contribution in [-0.2, 0) is 9.47 Å². The Hall–Kier alpha value is -1.33. The summed E-state index contributed by atoms with van der Waals surface area (Å²) in [5, 5.41) is 6.08. The van der Waals surface area contributed by atoms with Gasteiger partial charge in [0.15, 0.2) is 11.7 Å². The highest BCUT2D eigenvalue weighted by Crippen LogP contribution is 2.16. The summed E-state index contributed by atoms with van der Waals surface area (Å²) >= 11 is 0. The molecule has 1 unspecified atom stereocenters. The first-order valence-corrected chi connectivity index (χ1v) is 8.58. The number of furan rings is 1. The number of guanidine groups is 1. The average molecular weight is 480 g/mol. The van der Waals surface area contributed by atoms with Gasteiger partial charge in [0.25, 0.3) is 5.91 Å². The lowest BCUT2D eigenvalue weighted by Crippen LogP contribution is -2.43. The van der Waals surface area contributed by atoms with Gasteiger partial charge in [0.1, 0.15) is 0 Å².